The van der Waals surface area contributed by atoms with Crippen LogP contribution in [0.4, 0.5) is 4.39 Å². The van der Waals surface area contributed by atoms with Gasteiger partial charge in [0.25, 0.3) is 0 Å². The molecule has 1 N–H and O–H groups in total. The molecule has 110 valence electrons. The van der Waals surface area contributed by atoms with Gasteiger partial charge in [-0.05, 0) is 69.3 Å². The van der Waals surface area contributed by atoms with Gasteiger partial charge in [-0.3, -0.25) is 0 Å². The molecule has 3 heteroatoms. The SMILES string of the molecule is Cc1cc(CNC2CCN3CCCC3C2)cc(C)c1F. The van der Waals surface area contributed by atoms with Gasteiger partial charge in [-0.25, -0.2) is 4.39 Å². The summed E-state index contributed by atoms with van der Waals surface area (Å²) in [7, 11) is 0. The Bertz CT molecular complexity index is 463. The van der Waals surface area contributed by atoms with E-state index >= 15 is 0 Å². The van der Waals surface area contributed by atoms with Crippen molar-refractivity contribution in [1.29, 1.82) is 0 Å². The molecule has 1 aromatic rings. The maximum atomic E-state index is 13.6. The van der Waals surface area contributed by atoms with Gasteiger partial charge in [0, 0.05) is 18.6 Å². The van der Waals surface area contributed by atoms with Crippen LogP contribution in [0.15, 0.2) is 12.1 Å². The fraction of sp³-hybridized carbons (Fsp3) is 0.647. The van der Waals surface area contributed by atoms with Crippen molar-refractivity contribution in [2.24, 2.45) is 0 Å². The van der Waals surface area contributed by atoms with Crippen molar-refractivity contribution in [3.63, 3.8) is 0 Å². The summed E-state index contributed by atoms with van der Waals surface area (Å²) in [6, 6.07) is 5.37. The molecule has 0 amide bonds. The van der Waals surface area contributed by atoms with Crippen LogP contribution < -0.4 is 5.32 Å². The Balaban J connectivity index is 1.57. The molecule has 0 spiro atoms. The van der Waals surface area contributed by atoms with Crippen molar-refractivity contribution < 1.29 is 4.39 Å². The van der Waals surface area contributed by atoms with Crippen LogP contribution in [0.5, 0.6) is 0 Å². The fourth-order valence-corrected chi connectivity index (χ4v) is 3.81. The number of benzene rings is 1. The van der Waals surface area contributed by atoms with Crippen LogP contribution in [0.2, 0.25) is 0 Å². The van der Waals surface area contributed by atoms with Gasteiger partial charge in [0.2, 0.25) is 0 Å². The smallest absolute Gasteiger partial charge is 0.129 e. The number of hydrogen-bond donors (Lipinski definition) is 1. The minimum atomic E-state index is -0.0620. The summed E-state index contributed by atoms with van der Waals surface area (Å²) in [5, 5.41) is 3.68. The first kappa shape index (κ1) is 14.0. The van der Waals surface area contributed by atoms with Crippen molar-refractivity contribution in [2.45, 2.75) is 58.2 Å². The minimum Gasteiger partial charge on any atom is -0.310 e. The van der Waals surface area contributed by atoms with Crippen LogP contribution in [0.3, 0.4) is 0 Å². The van der Waals surface area contributed by atoms with E-state index in [1.165, 1.54) is 44.3 Å². The zero-order valence-electron chi connectivity index (χ0n) is 12.6. The normalized spacial score (nSPS) is 26.8. The molecule has 2 heterocycles. The Morgan fingerprint density at radius 1 is 1.20 bits per heavy atom. The first-order valence-electron chi connectivity index (χ1n) is 7.86. The molecule has 2 unspecified atom stereocenters. The molecule has 0 bridgehead atoms. The Hall–Kier alpha value is -0.930. The Labute approximate surface area is 121 Å². The molecule has 20 heavy (non-hydrogen) atoms. The fourth-order valence-electron chi connectivity index (χ4n) is 3.81. The van der Waals surface area contributed by atoms with Crippen molar-refractivity contribution in [2.75, 3.05) is 13.1 Å². The molecule has 0 aromatic heterocycles. The van der Waals surface area contributed by atoms with Gasteiger partial charge in [0.15, 0.2) is 0 Å². The van der Waals surface area contributed by atoms with E-state index in [0.717, 1.165) is 23.7 Å². The van der Waals surface area contributed by atoms with Crippen LogP contribution >= 0.6 is 0 Å². The molecule has 2 nitrogen and oxygen atoms in total. The summed E-state index contributed by atoms with van der Waals surface area (Å²) < 4.78 is 13.6. The third kappa shape index (κ3) is 2.89. The van der Waals surface area contributed by atoms with Crippen molar-refractivity contribution >= 4 is 0 Å². The van der Waals surface area contributed by atoms with Gasteiger partial charge in [0.05, 0.1) is 0 Å². The second-order valence-electron chi connectivity index (χ2n) is 6.48. The van der Waals surface area contributed by atoms with E-state index in [1.807, 2.05) is 26.0 Å². The van der Waals surface area contributed by atoms with Gasteiger partial charge in [-0.1, -0.05) is 12.1 Å². The lowest BCUT2D eigenvalue weighted by atomic mass is 9.97. The Kier molecular flexibility index (Phi) is 4.08. The molecule has 2 fully saturated rings. The predicted octanol–water partition coefficient (Wildman–Crippen LogP) is 3.16. The molecule has 3 rings (SSSR count). The summed E-state index contributed by atoms with van der Waals surface area (Å²) in [5.74, 6) is -0.0620. The highest BCUT2D eigenvalue weighted by molar-refractivity contribution is 5.30. The number of aryl methyl sites for hydroxylation is 2. The highest BCUT2D eigenvalue weighted by Gasteiger charge is 2.31. The summed E-state index contributed by atoms with van der Waals surface area (Å²) in [6.07, 6.45) is 5.26. The first-order valence-corrected chi connectivity index (χ1v) is 7.86. The van der Waals surface area contributed by atoms with E-state index in [0.29, 0.717) is 6.04 Å². The van der Waals surface area contributed by atoms with E-state index < -0.39 is 0 Å². The van der Waals surface area contributed by atoms with Gasteiger partial charge in [-0.15, -0.1) is 0 Å². The number of rotatable bonds is 3. The molecular formula is C17H25FN2. The average Bonchev–Trinajstić information content (AvgIpc) is 2.89. The van der Waals surface area contributed by atoms with E-state index in [4.69, 9.17) is 0 Å². The van der Waals surface area contributed by atoms with Crippen LogP contribution in [-0.4, -0.2) is 30.1 Å². The Morgan fingerprint density at radius 2 is 1.95 bits per heavy atom. The highest BCUT2D eigenvalue weighted by atomic mass is 19.1. The quantitative estimate of drug-likeness (QED) is 0.912. The van der Waals surface area contributed by atoms with E-state index in [1.54, 1.807) is 0 Å². The number of piperidine rings is 1. The molecule has 2 aliphatic heterocycles. The topological polar surface area (TPSA) is 15.3 Å². The molecule has 0 aliphatic carbocycles. The number of nitrogens with one attached hydrogen (secondary N) is 1. The zero-order valence-corrected chi connectivity index (χ0v) is 12.6. The van der Waals surface area contributed by atoms with Gasteiger partial charge in [0.1, 0.15) is 5.82 Å². The second-order valence-corrected chi connectivity index (χ2v) is 6.48. The van der Waals surface area contributed by atoms with Crippen LogP contribution in [-0.2, 0) is 6.54 Å². The number of hydrogen-bond acceptors (Lipinski definition) is 2. The van der Waals surface area contributed by atoms with Gasteiger partial charge < -0.3 is 10.2 Å². The number of nitrogens with zero attached hydrogens (tertiary/aromatic N) is 1. The standard InChI is InChI=1S/C17H25FN2/c1-12-8-14(9-13(2)17(12)18)11-19-15-5-7-20-6-3-4-16(20)10-15/h8-9,15-16,19H,3-7,10-11H2,1-2H3. The molecule has 2 saturated heterocycles. The highest BCUT2D eigenvalue weighted by Crippen LogP contribution is 2.27. The van der Waals surface area contributed by atoms with Crippen LogP contribution in [0.25, 0.3) is 0 Å². The average molecular weight is 276 g/mol. The van der Waals surface area contributed by atoms with Crippen molar-refractivity contribution in [3.05, 3.63) is 34.6 Å². The molecule has 0 saturated carbocycles. The van der Waals surface area contributed by atoms with Gasteiger partial charge in [-0.2, -0.15) is 0 Å². The van der Waals surface area contributed by atoms with Gasteiger partial charge >= 0.3 is 0 Å². The van der Waals surface area contributed by atoms with Crippen molar-refractivity contribution in [3.8, 4) is 0 Å². The zero-order chi connectivity index (χ0) is 14.1. The maximum absolute atomic E-state index is 13.6. The van der Waals surface area contributed by atoms with E-state index in [9.17, 15) is 4.39 Å². The summed E-state index contributed by atoms with van der Waals surface area (Å²) >= 11 is 0. The van der Waals surface area contributed by atoms with E-state index in [-0.39, 0.29) is 5.82 Å². The third-order valence-corrected chi connectivity index (χ3v) is 4.91. The summed E-state index contributed by atoms with van der Waals surface area (Å²) in [5.41, 5.74) is 2.72. The predicted molar refractivity (Wildman–Crippen MR) is 80.3 cm³/mol. The maximum Gasteiger partial charge on any atom is 0.129 e. The van der Waals surface area contributed by atoms with Crippen LogP contribution in [0.1, 0.15) is 42.4 Å². The summed E-state index contributed by atoms with van der Waals surface area (Å²) in [6.45, 7) is 7.10. The molecular weight excluding hydrogens is 251 g/mol. The third-order valence-electron chi connectivity index (χ3n) is 4.91. The first-order chi connectivity index (χ1) is 9.63. The Morgan fingerprint density at radius 3 is 2.70 bits per heavy atom. The molecule has 2 aliphatic rings. The largest absolute Gasteiger partial charge is 0.310 e. The number of halogens is 1. The van der Waals surface area contributed by atoms with E-state index in [2.05, 4.69) is 10.2 Å². The monoisotopic (exact) mass is 276 g/mol. The second kappa shape index (κ2) is 5.82. The minimum absolute atomic E-state index is 0.0620. The lowest BCUT2D eigenvalue weighted by molar-refractivity contribution is 0.166. The lowest BCUT2D eigenvalue weighted by Crippen LogP contribution is -2.45. The summed E-state index contributed by atoms with van der Waals surface area (Å²) in [4.78, 5) is 2.64. The molecule has 0 radical (unpaired) electrons. The molecule has 1 aromatic carbocycles. The number of fused-ring (bicyclic) bond motifs is 1. The lowest BCUT2D eigenvalue weighted by Gasteiger charge is -2.35. The molecule has 2 atom stereocenters. The van der Waals surface area contributed by atoms with Crippen molar-refractivity contribution in [1.82, 2.24) is 10.2 Å². The van der Waals surface area contributed by atoms with Crippen LogP contribution in [0, 0.1) is 19.7 Å².